The van der Waals surface area contributed by atoms with Crippen molar-refractivity contribution in [1.29, 1.82) is 0 Å². The first-order valence-corrected chi connectivity index (χ1v) is 6.08. The molecule has 0 amide bonds. The second kappa shape index (κ2) is 3.99. The van der Waals surface area contributed by atoms with Gasteiger partial charge in [-0.2, -0.15) is 11.3 Å². The molecule has 0 spiro atoms. The molecule has 3 heteroatoms. The molecular formula is C11H16FNS. The molecular weight excluding hydrogens is 197 g/mol. The molecule has 78 valence electrons. The summed E-state index contributed by atoms with van der Waals surface area (Å²) in [5.74, 6) is 0. The topological polar surface area (TPSA) is 26.0 Å². The second-order valence-electron chi connectivity index (χ2n) is 4.29. The van der Waals surface area contributed by atoms with Gasteiger partial charge in [-0.25, -0.2) is 4.39 Å². The van der Waals surface area contributed by atoms with Crippen molar-refractivity contribution in [2.75, 3.05) is 0 Å². The molecule has 1 aromatic rings. The van der Waals surface area contributed by atoms with Gasteiger partial charge < -0.3 is 5.73 Å². The first-order chi connectivity index (χ1) is 6.68. The molecule has 1 heterocycles. The Morgan fingerprint density at radius 3 is 3.07 bits per heavy atom. The van der Waals surface area contributed by atoms with Crippen LogP contribution in [0.4, 0.5) is 4.39 Å². The summed E-state index contributed by atoms with van der Waals surface area (Å²) in [4.78, 5) is 0. The molecule has 0 bridgehead atoms. The van der Waals surface area contributed by atoms with Crippen molar-refractivity contribution in [2.45, 2.75) is 43.8 Å². The summed E-state index contributed by atoms with van der Waals surface area (Å²) in [7, 11) is 0. The zero-order valence-electron chi connectivity index (χ0n) is 8.21. The van der Waals surface area contributed by atoms with Crippen LogP contribution in [0.25, 0.3) is 0 Å². The van der Waals surface area contributed by atoms with Crippen LogP contribution in [-0.4, -0.2) is 11.7 Å². The van der Waals surface area contributed by atoms with Crippen LogP contribution < -0.4 is 5.73 Å². The molecule has 1 fully saturated rings. The van der Waals surface area contributed by atoms with E-state index < -0.39 is 5.67 Å². The summed E-state index contributed by atoms with van der Waals surface area (Å²) in [5, 5.41) is 4.14. The Kier molecular flexibility index (Phi) is 2.88. The quantitative estimate of drug-likeness (QED) is 0.821. The molecule has 2 unspecified atom stereocenters. The second-order valence-corrected chi connectivity index (χ2v) is 5.07. The van der Waals surface area contributed by atoms with Crippen LogP contribution in [0.1, 0.15) is 31.2 Å². The minimum Gasteiger partial charge on any atom is -0.328 e. The van der Waals surface area contributed by atoms with Crippen LogP contribution in [0.3, 0.4) is 0 Å². The maximum absolute atomic E-state index is 14.1. The molecule has 1 aliphatic carbocycles. The molecule has 0 saturated heterocycles. The van der Waals surface area contributed by atoms with E-state index in [-0.39, 0.29) is 6.04 Å². The molecule has 2 N–H and O–H groups in total. The van der Waals surface area contributed by atoms with E-state index >= 15 is 0 Å². The monoisotopic (exact) mass is 213 g/mol. The van der Waals surface area contributed by atoms with Crippen molar-refractivity contribution in [3.63, 3.8) is 0 Å². The molecule has 0 aliphatic heterocycles. The smallest absolute Gasteiger partial charge is 0.113 e. The largest absolute Gasteiger partial charge is 0.328 e. The van der Waals surface area contributed by atoms with Gasteiger partial charge >= 0.3 is 0 Å². The predicted octanol–water partition coefficient (Wildman–Crippen LogP) is 2.90. The lowest BCUT2D eigenvalue weighted by atomic mass is 9.96. The molecule has 1 aromatic heterocycles. The van der Waals surface area contributed by atoms with Crippen molar-refractivity contribution < 1.29 is 4.39 Å². The highest BCUT2D eigenvalue weighted by molar-refractivity contribution is 7.07. The lowest BCUT2D eigenvalue weighted by Crippen LogP contribution is -2.23. The third kappa shape index (κ3) is 2.34. The number of alkyl halides is 1. The van der Waals surface area contributed by atoms with Crippen molar-refractivity contribution in [3.05, 3.63) is 22.4 Å². The Hall–Kier alpha value is -0.410. The van der Waals surface area contributed by atoms with Gasteiger partial charge in [0, 0.05) is 6.04 Å². The summed E-state index contributed by atoms with van der Waals surface area (Å²) in [6.07, 6.45) is 3.54. The van der Waals surface area contributed by atoms with Gasteiger partial charge in [0.05, 0.1) is 0 Å². The Labute approximate surface area is 88.1 Å². The third-order valence-electron chi connectivity index (χ3n) is 3.03. The average molecular weight is 213 g/mol. The van der Waals surface area contributed by atoms with Gasteiger partial charge in [0.25, 0.3) is 0 Å². The molecule has 1 nitrogen and oxygen atoms in total. The van der Waals surface area contributed by atoms with Crippen LogP contribution >= 0.6 is 11.3 Å². The van der Waals surface area contributed by atoms with Crippen molar-refractivity contribution >= 4 is 11.3 Å². The molecule has 1 aliphatic rings. The van der Waals surface area contributed by atoms with E-state index in [1.54, 1.807) is 11.3 Å². The molecule has 0 aromatic carbocycles. The summed E-state index contributed by atoms with van der Waals surface area (Å²) in [6, 6.07) is 2.16. The zero-order valence-corrected chi connectivity index (χ0v) is 9.02. The highest BCUT2D eigenvalue weighted by atomic mass is 32.1. The minimum atomic E-state index is -0.985. The van der Waals surface area contributed by atoms with Gasteiger partial charge in [0.1, 0.15) is 5.67 Å². The number of hydrogen-bond acceptors (Lipinski definition) is 2. The van der Waals surface area contributed by atoms with E-state index in [9.17, 15) is 4.39 Å². The number of rotatable bonds is 3. The third-order valence-corrected chi connectivity index (χ3v) is 3.77. The molecule has 2 atom stereocenters. The van der Waals surface area contributed by atoms with Crippen LogP contribution in [0.2, 0.25) is 0 Å². The Balaban J connectivity index is 1.86. The fourth-order valence-electron chi connectivity index (χ4n) is 2.15. The van der Waals surface area contributed by atoms with E-state index in [1.807, 2.05) is 5.38 Å². The van der Waals surface area contributed by atoms with Gasteiger partial charge in [-0.15, -0.1) is 0 Å². The Morgan fingerprint density at radius 1 is 1.64 bits per heavy atom. The van der Waals surface area contributed by atoms with Crippen molar-refractivity contribution in [2.24, 2.45) is 5.73 Å². The van der Waals surface area contributed by atoms with E-state index in [1.165, 1.54) is 5.56 Å². The van der Waals surface area contributed by atoms with Gasteiger partial charge in [-0.3, -0.25) is 0 Å². The molecule has 0 radical (unpaired) electrons. The fraction of sp³-hybridized carbons (Fsp3) is 0.636. The molecule has 2 rings (SSSR count). The summed E-state index contributed by atoms with van der Waals surface area (Å²) >= 11 is 1.67. The van der Waals surface area contributed by atoms with E-state index in [0.29, 0.717) is 19.3 Å². The van der Waals surface area contributed by atoms with Crippen molar-refractivity contribution in [3.8, 4) is 0 Å². The SMILES string of the molecule is NC1CCC(F)(CCc2ccsc2)C1. The summed E-state index contributed by atoms with van der Waals surface area (Å²) in [5.41, 5.74) is 5.99. The van der Waals surface area contributed by atoms with Crippen LogP contribution in [-0.2, 0) is 6.42 Å². The summed E-state index contributed by atoms with van der Waals surface area (Å²) < 4.78 is 14.1. The fourth-order valence-corrected chi connectivity index (χ4v) is 2.85. The average Bonchev–Trinajstić information content (AvgIpc) is 2.73. The lowest BCUT2D eigenvalue weighted by molar-refractivity contribution is 0.157. The van der Waals surface area contributed by atoms with Gasteiger partial charge in [-0.05, 0) is 54.5 Å². The van der Waals surface area contributed by atoms with Crippen LogP contribution in [0, 0.1) is 0 Å². The van der Waals surface area contributed by atoms with E-state index in [4.69, 9.17) is 5.73 Å². The van der Waals surface area contributed by atoms with Crippen LogP contribution in [0.15, 0.2) is 16.8 Å². The predicted molar refractivity (Wildman–Crippen MR) is 58.3 cm³/mol. The first kappa shape index (κ1) is 10.1. The standard InChI is InChI=1S/C11H16FNS/c12-11(5-2-10(13)7-11)4-1-9-3-6-14-8-9/h3,6,8,10H,1-2,4-5,7,13H2. The zero-order chi connectivity index (χ0) is 10.0. The number of aryl methyl sites for hydroxylation is 1. The van der Waals surface area contributed by atoms with Gasteiger partial charge in [-0.1, -0.05) is 0 Å². The van der Waals surface area contributed by atoms with Gasteiger partial charge in [0.2, 0.25) is 0 Å². The van der Waals surface area contributed by atoms with Gasteiger partial charge in [0.15, 0.2) is 0 Å². The normalized spacial score (nSPS) is 32.3. The van der Waals surface area contributed by atoms with E-state index in [2.05, 4.69) is 11.4 Å². The minimum absolute atomic E-state index is 0.0856. The number of thiophene rings is 1. The first-order valence-electron chi connectivity index (χ1n) is 5.14. The molecule has 1 saturated carbocycles. The van der Waals surface area contributed by atoms with Crippen LogP contribution in [0.5, 0.6) is 0 Å². The highest BCUT2D eigenvalue weighted by Gasteiger charge is 2.37. The lowest BCUT2D eigenvalue weighted by Gasteiger charge is -2.18. The molecule has 14 heavy (non-hydrogen) atoms. The van der Waals surface area contributed by atoms with Crippen molar-refractivity contribution in [1.82, 2.24) is 0 Å². The number of nitrogens with two attached hydrogens (primary N) is 1. The van der Waals surface area contributed by atoms with E-state index in [0.717, 1.165) is 12.8 Å². The maximum atomic E-state index is 14.1. The Morgan fingerprint density at radius 2 is 2.50 bits per heavy atom. The number of hydrogen-bond donors (Lipinski definition) is 1. The summed E-state index contributed by atoms with van der Waals surface area (Å²) in [6.45, 7) is 0. The Bertz CT molecular complexity index is 285. The number of halogens is 1. The maximum Gasteiger partial charge on any atom is 0.113 e. The highest BCUT2D eigenvalue weighted by Crippen LogP contribution is 2.36.